The van der Waals surface area contributed by atoms with Crippen molar-refractivity contribution >= 4 is 0 Å². The predicted octanol–water partition coefficient (Wildman–Crippen LogP) is 2.27. The van der Waals surface area contributed by atoms with Gasteiger partial charge in [0, 0.05) is 21.1 Å². The quantitative estimate of drug-likeness (QED) is 0.598. The Morgan fingerprint density at radius 2 is 1.58 bits per heavy atom. The molecular weight excluding hydrogens is 335 g/mol. The molecule has 0 aromatic carbocycles. The van der Waals surface area contributed by atoms with Crippen molar-refractivity contribution in [2.75, 3.05) is 0 Å². The van der Waals surface area contributed by atoms with E-state index >= 15 is 0 Å². The average molecular weight is 354 g/mol. The van der Waals surface area contributed by atoms with E-state index in [0.29, 0.717) is 5.92 Å². The molecule has 4 N–H and O–H groups in total. The van der Waals surface area contributed by atoms with Crippen LogP contribution in [0.3, 0.4) is 0 Å². The van der Waals surface area contributed by atoms with Crippen molar-refractivity contribution in [3.8, 4) is 0 Å². The SMILES string of the molecule is CC1CCC([NH-])C([NH-])C1.O.[CH3-].[Pt]. The first-order valence-electron chi connectivity index (χ1n) is 3.62. The summed E-state index contributed by atoms with van der Waals surface area (Å²) in [6.45, 7) is 2.17. The maximum absolute atomic E-state index is 7.42. The Morgan fingerprint density at radius 3 is 1.92 bits per heavy atom. The summed E-state index contributed by atoms with van der Waals surface area (Å²) in [5, 5.41) is 0. The molecule has 3 atom stereocenters. The van der Waals surface area contributed by atoms with Crippen LogP contribution in [0.25, 0.3) is 11.5 Å². The van der Waals surface area contributed by atoms with Crippen molar-refractivity contribution < 1.29 is 26.5 Å². The van der Waals surface area contributed by atoms with Crippen LogP contribution >= 0.6 is 0 Å². The van der Waals surface area contributed by atoms with Gasteiger partial charge in [-0.25, -0.2) is 0 Å². The van der Waals surface area contributed by atoms with Crippen LogP contribution in [0.2, 0.25) is 0 Å². The average Bonchev–Trinajstić information content (AvgIpc) is 1.80. The molecule has 0 radical (unpaired) electrons. The molecule has 0 aromatic rings. The van der Waals surface area contributed by atoms with Crippen LogP contribution in [0.4, 0.5) is 0 Å². The summed E-state index contributed by atoms with van der Waals surface area (Å²) in [5.41, 5.74) is 14.8. The molecule has 1 rings (SSSR count). The fourth-order valence-corrected chi connectivity index (χ4v) is 1.38. The zero-order valence-electron chi connectivity index (χ0n) is 7.67. The van der Waals surface area contributed by atoms with Gasteiger partial charge in [-0.15, -0.1) is 0 Å². The third-order valence-corrected chi connectivity index (χ3v) is 2.11. The van der Waals surface area contributed by atoms with Crippen LogP contribution < -0.4 is 0 Å². The van der Waals surface area contributed by atoms with Gasteiger partial charge in [0.25, 0.3) is 0 Å². The van der Waals surface area contributed by atoms with Crippen molar-refractivity contribution in [3.05, 3.63) is 18.9 Å². The molecule has 1 aliphatic carbocycles. The van der Waals surface area contributed by atoms with Crippen LogP contribution in [-0.2, 0) is 21.1 Å². The van der Waals surface area contributed by atoms with E-state index in [1.54, 1.807) is 0 Å². The van der Waals surface area contributed by atoms with E-state index in [9.17, 15) is 0 Å². The molecule has 0 spiro atoms. The molecule has 0 amide bonds. The number of nitrogens with one attached hydrogen (secondary N) is 2. The summed E-state index contributed by atoms with van der Waals surface area (Å²) in [5.74, 6) is 0.689. The van der Waals surface area contributed by atoms with E-state index in [1.165, 1.54) is 0 Å². The van der Waals surface area contributed by atoms with Crippen LogP contribution in [0.15, 0.2) is 0 Å². The molecule has 1 aliphatic rings. The minimum Gasteiger partial charge on any atom is -0.676 e. The Labute approximate surface area is 89.8 Å². The molecule has 12 heavy (non-hydrogen) atoms. The smallest absolute Gasteiger partial charge is 0 e. The van der Waals surface area contributed by atoms with Gasteiger partial charge < -0.3 is 24.4 Å². The predicted molar refractivity (Wildman–Crippen MR) is 49.3 cm³/mol. The monoisotopic (exact) mass is 354 g/mol. The van der Waals surface area contributed by atoms with Gasteiger partial charge in [0.05, 0.1) is 0 Å². The zero-order valence-corrected chi connectivity index (χ0v) is 9.94. The van der Waals surface area contributed by atoms with Crippen LogP contribution in [0.5, 0.6) is 0 Å². The Bertz CT molecular complexity index is 103. The van der Waals surface area contributed by atoms with Crippen LogP contribution in [0.1, 0.15) is 26.2 Å². The van der Waals surface area contributed by atoms with Gasteiger partial charge >= 0.3 is 0 Å². The molecular formula is C8H19N2OPt-3. The van der Waals surface area contributed by atoms with Crippen molar-refractivity contribution in [2.45, 2.75) is 38.3 Å². The summed E-state index contributed by atoms with van der Waals surface area (Å²) < 4.78 is 0. The van der Waals surface area contributed by atoms with E-state index in [4.69, 9.17) is 11.5 Å². The van der Waals surface area contributed by atoms with E-state index in [1.807, 2.05) is 0 Å². The molecule has 3 unspecified atom stereocenters. The summed E-state index contributed by atoms with van der Waals surface area (Å²) in [6.07, 6.45) is 3.03. The van der Waals surface area contributed by atoms with E-state index in [0.717, 1.165) is 19.3 Å². The van der Waals surface area contributed by atoms with Crippen LogP contribution in [-0.4, -0.2) is 17.6 Å². The maximum atomic E-state index is 7.42. The molecule has 1 fully saturated rings. The molecule has 0 aliphatic heterocycles. The molecule has 1 saturated carbocycles. The van der Waals surface area contributed by atoms with Crippen LogP contribution in [0, 0.1) is 13.3 Å². The summed E-state index contributed by atoms with van der Waals surface area (Å²) in [4.78, 5) is 0. The first-order chi connectivity index (χ1) is 4.20. The first kappa shape index (κ1) is 18.4. The summed E-state index contributed by atoms with van der Waals surface area (Å²) in [7, 11) is 0. The maximum Gasteiger partial charge on any atom is 0 e. The number of hydrogen-bond donors (Lipinski definition) is 0. The Morgan fingerprint density at radius 1 is 1.08 bits per heavy atom. The van der Waals surface area contributed by atoms with Gasteiger partial charge in [0.1, 0.15) is 0 Å². The summed E-state index contributed by atoms with van der Waals surface area (Å²) in [6, 6.07) is -0.199. The second-order valence-electron chi connectivity index (χ2n) is 3.13. The van der Waals surface area contributed by atoms with E-state index in [2.05, 4.69) is 6.92 Å². The topological polar surface area (TPSA) is 79.1 Å². The number of rotatable bonds is 0. The minimum absolute atomic E-state index is 0. The van der Waals surface area contributed by atoms with Gasteiger partial charge in [0.15, 0.2) is 0 Å². The molecule has 0 bridgehead atoms. The van der Waals surface area contributed by atoms with Crippen molar-refractivity contribution in [2.24, 2.45) is 5.92 Å². The summed E-state index contributed by atoms with van der Waals surface area (Å²) >= 11 is 0. The van der Waals surface area contributed by atoms with Gasteiger partial charge in [-0.2, -0.15) is 12.1 Å². The van der Waals surface area contributed by atoms with E-state index in [-0.39, 0.29) is 46.1 Å². The molecule has 0 saturated heterocycles. The molecule has 4 heteroatoms. The van der Waals surface area contributed by atoms with Gasteiger partial charge in [-0.3, -0.25) is 0 Å². The minimum atomic E-state index is -0.103. The number of hydrogen-bond acceptors (Lipinski definition) is 0. The Hall–Kier alpha value is 0.568. The Balaban J connectivity index is -0.000000270. The fourth-order valence-electron chi connectivity index (χ4n) is 1.38. The zero-order chi connectivity index (χ0) is 6.85. The molecule has 3 nitrogen and oxygen atoms in total. The second kappa shape index (κ2) is 8.18. The first-order valence-corrected chi connectivity index (χ1v) is 3.62. The van der Waals surface area contributed by atoms with E-state index < -0.39 is 0 Å². The third-order valence-electron chi connectivity index (χ3n) is 2.11. The standard InChI is InChI=1S/C7H14N2.CH3.H2O.Pt/c1-5-2-3-6(8)7(9)4-5;;;/h5-9H,2-4H2,1H3;1H3;1H2;/q-2;-1;;. The third kappa shape index (κ3) is 5.26. The molecule has 0 aromatic heterocycles. The van der Waals surface area contributed by atoms with Gasteiger partial charge in [-0.05, 0) is 5.92 Å². The largest absolute Gasteiger partial charge is 0.676 e. The van der Waals surface area contributed by atoms with Crippen molar-refractivity contribution in [1.82, 2.24) is 0 Å². The second-order valence-corrected chi connectivity index (χ2v) is 3.13. The normalized spacial score (nSPS) is 33.8. The van der Waals surface area contributed by atoms with Gasteiger partial charge in [0.2, 0.25) is 0 Å². The fraction of sp³-hybridized carbons (Fsp3) is 0.875. The van der Waals surface area contributed by atoms with Crippen molar-refractivity contribution in [1.29, 1.82) is 0 Å². The van der Waals surface area contributed by atoms with Crippen molar-refractivity contribution in [3.63, 3.8) is 0 Å². The molecule has 80 valence electrons. The molecule has 0 heterocycles. The Kier molecular flexibility index (Phi) is 12.5. The van der Waals surface area contributed by atoms with Gasteiger partial charge in [-0.1, -0.05) is 26.2 Å².